The molecular weight excluding hydrogens is 236 g/mol. The lowest BCUT2D eigenvalue weighted by Gasteiger charge is -2.26. The van der Waals surface area contributed by atoms with Gasteiger partial charge < -0.3 is 5.32 Å². The van der Waals surface area contributed by atoms with Crippen molar-refractivity contribution in [2.75, 3.05) is 5.32 Å². The molecule has 1 saturated carbocycles. The number of benzene rings is 1. The van der Waals surface area contributed by atoms with E-state index in [1.807, 2.05) is 30.3 Å². The van der Waals surface area contributed by atoms with Crippen molar-refractivity contribution in [3.8, 4) is 0 Å². The van der Waals surface area contributed by atoms with Crippen LogP contribution in [-0.2, 0) is 0 Å². The minimum Gasteiger partial charge on any atom is -0.325 e. The molecule has 0 radical (unpaired) electrons. The molecule has 0 aliphatic heterocycles. The highest BCUT2D eigenvalue weighted by molar-refractivity contribution is 5.93. The minimum absolute atomic E-state index is 0.390. The number of hydrogen-bond donors (Lipinski definition) is 3. The van der Waals surface area contributed by atoms with E-state index in [9.17, 15) is 0 Å². The summed E-state index contributed by atoms with van der Waals surface area (Å²) in [4.78, 5) is 4.72. The molecule has 0 aromatic heterocycles. The number of aliphatic imine (C=N–C) groups is 1. The first kappa shape index (κ1) is 13.9. The van der Waals surface area contributed by atoms with Crippen LogP contribution in [0.25, 0.3) is 0 Å². The van der Waals surface area contributed by atoms with E-state index in [1.54, 1.807) is 0 Å². The van der Waals surface area contributed by atoms with Gasteiger partial charge in [0.2, 0.25) is 5.96 Å². The summed E-state index contributed by atoms with van der Waals surface area (Å²) in [5, 5.41) is 3.22. The van der Waals surface area contributed by atoms with Crippen molar-refractivity contribution in [1.29, 1.82) is 0 Å². The smallest absolute Gasteiger partial charge is 0.210 e. The van der Waals surface area contributed by atoms with Gasteiger partial charge in [0.25, 0.3) is 0 Å². The van der Waals surface area contributed by atoms with Crippen LogP contribution in [0.4, 0.5) is 5.69 Å². The van der Waals surface area contributed by atoms with Crippen LogP contribution in [0.5, 0.6) is 0 Å². The van der Waals surface area contributed by atoms with Gasteiger partial charge in [0.1, 0.15) is 0 Å². The molecule has 2 unspecified atom stereocenters. The molecule has 0 amide bonds. The van der Waals surface area contributed by atoms with Gasteiger partial charge in [-0.05, 0) is 30.9 Å². The van der Waals surface area contributed by atoms with E-state index in [-0.39, 0.29) is 0 Å². The normalized spacial score (nSPS) is 24.0. The first-order valence-electron chi connectivity index (χ1n) is 7.18. The number of para-hydroxylation sites is 1. The highest BCUT2D eigenvalue weighted by Crippen LogP contribution is 2.28. The third kappa shape index (κ3) is 4.24. The van der Waals surface area contributed by atoms with Crippen LogP contribution in [-0.4, -0.2) is 12.0 Å². The fourth-order valence-electron chi connectivity index (χ4n) is 2.70. The van der Waals surface area contributed by atoms with Gasteiger partial charge in [-0.25, -0.2) is 10.8 Å². The summed E-state index contributed by atoms with van der Waals surface area (Å²) in [5.74, 6) is 7.04. The molecule has 1 aromatic rings. The second-order valence-electron chi connectivity index (χ2n) is 5.21. The van der Waals surface area contributed by atoms with E-state index in [0.717, 1.165) is 18.0 Å². The molecule has 1 aromatic carbocycles. The molecule has 19 heavy (non-hydrogen) atoms. The van der Waals surface area contributed by atoms with Crippen molar-refractivity contribution in [3.63, 3.8) is 0 Å². The number of guanidine groups is 1. The van der Waals surface area contributed by atoms with Crippen LogP contribution in [0.1, 0.15) is 39.0 Å². The summed E-state index contributed by atoms with van der Waals surface area (Å²) in [6, 6.07) is 10.4. The molecule has 2 rings (SSSR count). The third-order valence-electron chi connectivity index (χ3n) is 3.82. The molecule has 0 saturated heterocycles. The van der Waals surface area contributed by atoms with Gasteiger partial charge in [-0.1, -0.05) is 44.4 Å². The maximum Gasteiger partial charge on any atom is 0.210 e. The van der Waals surface area contributed by atoms with Crippen molar-refractivity contribution < 1.29 is 0 Å². The zero-order valence-corrected chi connectivity index (χ0v) is 11.6. The standard InChI is InChI=1S/C15H24N4/c1-2-12-7-6-10-14(11-12)18-15(19-16)17-13-8-4-3-5-9-13/h3-5,8-9,12,14H,2,6-7,10-11,16H2,1H3,(H2,17,18,19). The Morgan fingerprint density at radius 1 is 1.32 bits per heavy atom. The van der Waals surface area contributed by atoms with Crippen LogP contribution in [0.15, 0.2) is 35.3 Å². The van der Waals surface area contributed by atoms with E-state index in [2.05, 4.69) is 17.7 Å². The van der Waals surface area contributed by atoms with Gasteiger partial charge >= 0.3 is 0 Å². The van der Waals surface area contributed by atoms with Gasteiger partial charge in [0.05, 0.1) is 6.04 Å². The highest BCUT2D eigenvalue weighted by Gasteiger charge is 2.20. The molecular formula is C15H24N4. The Labute approximate surface area is 115 Å². The Morgan fingerprint density at radius 2 is 2.11 bits per heavy atom. The Bertz CT molecular complexity index is 402. The number of hydrogen-bond acceptors (Lipinski definition) is 2. The Balaban J connectivity index is 1.98. The lowest BCUT2D eigenvalue weighted by molar-refractivity contribution is 0.316. The monoisotopic (exact) mass is 260 g/mol. The molecule has 4 heteroatoms. The summed E-state index contributed by atoms with van der Waals surface area (Å²) in [7, 11) is 0. The SMILES string of the molecule is CCC1CCCC(N=C(NN)Nc2ccccc2)C1. The van der Waals surface area contributed by atoms with Crippen molar-refractivity contribution in [3.05, 3.63) is 30.3 Å². The predicted octanol–water partition coefficient (Wildman–Crippen LogP) is 2.89. The number of nitrogens with zero attached hydrogens (tertiary/aromatic N) is 1. The lowest BCUT2D eigenvalue weighted by Crippen LogP contribution is -2.37. The van der Waals surface area contributed by atoms with Crippen LogP contribution in [0.2, 0.25) is 0 Å². The molecule has 4 nitrogen and oxygen atoms in total. The van der Waals surface area contributed by atoms with Crippen LogP contribution >= 0.6 is 0 Å². The van der Waals surface area contributed by atoms with Gasteiger partial charge in [-0.3, -0.25) is 5.43 Å². The van der Waals surface area contributed by atoms with E-state index >= 15 is 0 Å². The molecule has 4 N–H and O–H groups in total. The first-order chi connectivity index (χ1) is 9.31. The predicted molar refractivity (Wildman–Crippen MR) is 80.9 cm³/mol. The molecule has 0 bridgehead atoms. The molecule has 0 heterocycles. The fourth-order valence-corrected chi connectivity index (χ4v) is 2.70. The lowest BCUT2D eigenvalue weighted by atomic mass is 9.84. The fraction of sp³-hybridized carbons (Fsp3) is 0.533. The summed E-state index contributed by atoms with van der Waals surface area (Å²) >= 11 is 0. The van der Waals surface area contributed by atoms with Crippen LogP contribution in [0.3, 0.4) is 0 Å². The zero-order chi connectivity index (χ0) is 13.5. The molecule has 2 atom stereocenters. The Kier molecular flexibility index (Phi) is 5.21. The summed E-state index contributed by atoms with van der Waals surface area (Å²) < 4.78 is 0. The number of hydrazine groups is 1. The van der Waals surface area contributed by atoms with Crippen LogP contribution < -0.4 is 16.6 Å². The van der Waals surface area contributed by atoms with E-state index < -0.39 is 0 Å². The number of rotatable bonds is 3. The maximum atomic E-state index is 5.56. The molecule has 1 aliphatic carbocycles. The average molecular weight is 260 g/mol. The van der Waals surface area contributed by atoms with Crippen molar-refractivity contribution >= 4 is 11.6 Å². The Hall–Kier alpha value is -1.55. The van der Waals surface area contributed by atoms with E-state index in [1.165, 1.54) is 25.7 Å². The van der Waals surface area contributed by atoms with E-state index in [4.69, 9.17) is 10.8 Å². The van der Waals surface area contributed by atoms with Gasteiger partial charge in [0.15, 0.2) is 0 Å². The maximum absolute atomic E-state index is 5.56. The quantitative estimate of drug-likeness (QED) is 0.339. The number of nitrogens with one attached hydrogen (secondary N) is 2. The number of anilines is 1. The summed E-state index contributed by atoms with van der Waals surface area (Å²) in [6.07, 6.45) is 6.22. The molecule has 104 valence electrons. The third-order valence-corrected chi connectivity index (χ3v) is 3.82. The molecule has 1 fully saturated rings. The van der Waals surface area contributed by atoms with Gasteiger partial charge in [-0.2, -0.15) is 0 Å². The van der Waals surface area contributed by atoms with Gasteiger partial charge in [0, 0.05) is 5.69 Å². The summed E-state index contributed by atoms with van der Waals surface area (Å²) in [5.41, 5.74) is 3.67. The zero-order valence-electron chi connectivity index (χ0n) is 11.6. The van der Waals surface area contributed by atoms with Crippen molar-refractivity contribution in [1.82, 2.24) is 5.43 Å². The molecule has 0 spiro atoms. The first-order valence-corrected chi connectivity index (χ1v) is 7.18. The second kappa shape index (κ2) is 7.14. The largest absolute Gasteiger partial charge is 0.325 e. The topological polar surface area (TPSA) is 62.4 Å². The minimum atomic E-state index is 0.390. The van der Waals surface area contributed by atoms with Crippen molar-refractivity contribution in [2.24, 2.45) is 16.8 Å². The van der Waals surface area contributed by atoms with Crippen LogP contribution in [0, 0.1) is 5.92 Å². The molecule has 1 aliphatic rings. The number of nitrogens with two attached hydrogens (primary N) is 1. The van der Waals surface area contributed by atoms with Gasteiger partial charge in [-0.15, -0.1) is 0 Å². The second-order valence-corrected chi connectivity index (χ2v) is 5.21. The van der Waals surface area contributed by atoms with Crippen molar-refractivity contribution in [2.45, 2.75) is 45.1 Å². The Morgan fingerprint density at radius 3 is 2.79 bits per heavy atom. The highest BCUT2D eigenvalue weighted by atomic mass is 15.3. The average Bonchev–Trinajstić information content (AvgIpc) is 2.48. The van der Waals surface area contributed by atoms with E-state index in [0.29, 0.717) is 12.0 Å². The summed E-state index contributed by atoms with van der Waals surface area (Å²) in [6.45, 7) is 2.26.